The molecule has 0 N–H and O–H groups in total. The van der Waals surface area contributed by atoms with Crippen molar-refractivity contribution in [2.75, 3.05) is 7.11 Å². The van der Waals surface area contributed by atoms with Gasteiger partial charge in [-0.1, -0.05) is 6.07 Å². The fourth-order valence-electron chi connectivity index (χ4n) is 0.964. The van der Waals surface area contributed by atoms with Gasteiger partial charge in [0.25, 0.3) is 0 Å². The number of hydrogen-bond acceptors (Lipinski definition) is 5. The highest BCUT2D eigenvalue weighted by Gasteiger charge is 2.33. The lowest BCUT2D eigenvalue weighted by atomic mass is 10.2. The van der Waals surface area contributed by atoms with Crippen molar-refractivity contribution < 1.29 is 14.5 Å². The summed E-state index contributed by atoms with van der Waals surface area (Å²) in [5, 5.41) is 10.6. The van der Waals surface area contributed by atoms with E-state index in [0.29, 0.717) is 0 Å². The molecule has 1 aromatic heterocycles. The molecule has 0 aliphatic carbocycles. The van der Waals surface area contributed by atoms with Crippen molar-refractivity contribution in [1.82, 2.24) is 4.98 Å². The molecule has 0 saturated heterocycles. The third kappa shape index (κ3) is 2.03. The van der Waals surface area contributed by atoms with Gasteiger partial charge in [-0.15, -0.1) is 0 Å². The van der Waals surface area contributed by atoms with E-state index in [1.807, 2.05) is 0 Å². The second-order valence-electron chi connectivity index (χ2n) is 2.47. The Hall–Kier alpha value is -1.98. The molecule has 6 nitrogen and oxygen atoms in total. The summed E-state index contributed by atoms with van der Waals surface area (Å²) in [6.07, 6.45) is 1.38. The van der Waals surface area contributed by atoms with E-state index < -0.39 is 16.9 Å². The third-order valence-electron chi connectivity index (χ3n) is 1.60. The Bertz CT molecular complexity index is 338. The molecule has 1 unspecified atom stereocenters. The quantitative estimate of drug-likeness (QED) is 0.401. The Labute approximate surface area is 79.7 Å². The van der Waals surface area contributed by atoms with Crippen LogP contribution in [0, 0.1) is 10.1 Å². The number of carbonyl (C=O) groups is 1. The summed E-state index contributed by atoms with van der Waals surface area (Å²) in [5.41, 5.74) is 0.0735. The fraction of sp³-hybridized carbons (Fsp3) is 0.250. The first-order valence-electron chi connectivity index (χ1n) is 3.79. The summed E-state index contributed by atoms with van der Waals surface area (Å²) in [5.74, 6) is -0.923. The molecular weight excluding hydrogens is 188 g/mol. The predicted molar refractivity (Wildman–Crippen MR) is 46.0 cm³/mol. The van der Waals surface area contributed by atoms with Crippen LogP contribution >= 0.6 is 0 Å². The standard InChI is InChI=1S/C8H8N2O4/c1-14-8(11)7(10(12)13)6-4-2-3-5-9-6/h2-5,7H,1H3. The van der Waals surface area contributed by atoms with Crippen LogP contribution in [-0.4, -0.2) is 23.0 Å². The number of aromatic nitrogens is 1. The highest BCUT2D eigenvalue weighted by atomic mass is 16.6. The first-order chi connectivity index (χ1) is 6.66. The van der Waals surface area contributed by atoms with Gasteiger partial charge in [0.05, 0.1) is 7.11 Å². The number of carbonyl (C=O) groups excluding carboxylic acids is 1. The lowest BCUT2D eigenvalue weighted by Crippen LogP contribution is -2.23. The van der Waals surface area contributed by atoms with Crippen LogP contribution < -0.4 is 0 Å². The highest BCUT2D eigenvalue weighted by molar-refractivity contribution is 5.75. The molecule has 0 aromatic carbocycles. The molecule has 0 saturated carbocycles. The molecule has 0 radical (unpaired) electrons. The van der Waals surface area contributed by atoms with Crippen LogP contribution in [0.25, 0.3) is 0 Å². The molecule has 1 atom stereocenters. The van der Waals surface area contributed by atoms with Gasteiger partial charge in [0.2, 0.25) is 0 Å². The van der Waals surface area contributed by atoms with Crippen LogP contribution in [0.1, 0.15) is 11.7 Å². The third-order valence-corrected chi connectivity index (χ3v) is 1.60. The lowest BCUT2D eigenvalue weighted by molar-refractivity contribution is -0.517. The summed E-state index contributed by atoms with van der Waals surface area (Å²) in [6, 6.07) is 3.05. The Morgan fingerprint density at radius 2 is 2.36 bits per heavy atom. The molecule has 14 heavy (non-hydrogen) atoms. The summed E-state index contributed by atoms with van der Waals surface area (Å²) in [7, 11) is 1.10. The zero-order valence-corrected chi connectivity index (χ0v) is 7.41. The number of nitrogens with zero attached hydrogens (tertiary/aromatic N) is 2. The number of esters is 1. The topological polar surface area (TPSA) is 82.3 Å². The SMILES string of the molecule is COC(=O)C(c1ccccn1)[N+](=O)[O-]. The molecule has 0 fully saturated rings. The maximum Gasteiger partial charge on any atom is 0.388 e. The molecular formula is C8H8N2O4. The number of ether oxygens (including phenoxy) is 1. The number of rotatable bonds is 3. The van der Waals surface area contributed by atoms with Gasteiger partial charge in [-0.2, -0.15) is 0 Å². The van der Waals surface area contributed by atoms with Crippen molar-refractivity contribution in [2.24, 2.45) is 0 Å². The van der Waals surface area contributed by atoms with Crippen molar-refractivity contribution >= 4 is 5.97 Å². The molecule has 0 amide bonds. The molecule has 1 aromatic rings. The Morgan fingerprint density at radius 3 is 2.79 bits per heavy atom. The average Bonchev–Trinajstić information content (AvgIpc) is 2.19. The van der Waals surface area contributed by atoms with E-state index in [1.165, 1.54) is 12.3 Å². The van der Waals surface area contributed by atoms with E-state index in [9.17, 15) is 14.9 Å². The van der Waals surface area contributed by atoms with Gasteiger partial charge < -0.3 is 4.74 Å². The van der Waals surface area contributed by atoms with E-state index in [-0.39, 0.29) is 5.69 Å². The van der Waals surface area contributed by atoms with Gasteiger partial charge in [-0.05, 0) is 12.1 Å². The molecule has 0 spiro atoms. The van der Waals surface area contributed by atoms with Crippen molar-refractivity contribution in [3.8, 4) is 0 Å². The van der Waals surface area contributed by atoms with E-state index in [1.54, 1.807) is 12.1 Å². The maximum absolute atomic E-state index is 11.1. The van der Waals surface area contributed by atoms with Crippen molar-refractivity contribution in [2.45, 2.75) is 6.04 Å². The number of hydrogen-bond donors (Lipinski definition) is 0. The van der Waals surface area contributed by atoms with Gasteiger partial charge in [-0.25, -0.2) is 4.79 Å². The largest absolute Gasteiger partial charge is 0.464 e. The monoisotopic (exact) mass is 196 g/mol. The van der Waals surface area contributed by atoms with Crippen LogP contribution in [0.2, 0.25) is 0 Å². The summed E-state index contributed by atoms with van der Waals surface area (Å²) in [4.78, 5) is 24.6. The summed E-state index contributed by atoms with van der Waals surface area (Å²) >= 11 is 0. The van der Waals surface area contributed by atoms with E-state index >= 15 is 0 Å². The molecule has 6 heteroatoms. The molecule has 1 heterocycles. The highest BCUT2D eigenvalue weighted by Crippen LogP contribution is 2.14. The van der Waals surface area contributed by atoms with Gasteiger partial charge in [0.15, 0.2) is 0 Å². The van der Waals surface area contributed by atoms with Crippen LogP contribution in [0.4, 0.5) is 0 Å². The zero-order valence-electron chi connectivity index (χ0n) is 7.41. The van der Waals surface area contributed by atoms with Crippen LogP contribution in [-0.2, 0) is 9.53 Å². The first-order valence-corrected chi connectivity index (χ1v) is 3.79. The average molecular weight is 196 g/mol. The van der Waals surface area contributed by atoms with E-state index in [2.05, 4.69) is 9.72 Å². The molecule has 1 rings (SSSR count). The maximum atomic E-state index is 11.1. The van der Waals surface area contributed by atoms with Gasteiger partial charge >= 0.3 is 12.0 Å². The van der Waals surface area contributed by atoms with Crippen LogP contribution in [0.3, 0.4) is 0 Å². The number of pyridine rings is 1. The van der Waals surface area contributed by atoms with Gasteiger partial charge in [0, 0.05) is 11.1 Å². The Kier molecular flexibility index (Phi) is 3.11. The second-order valence-corrected chi connectivity index (χ2v) is 2.47. The molecule has 74 valence electrons. The summed E-state index contributed by atoms with van der Waals surface area (Å²) in [6.45, 7) is 0. The number of nitro groups is 1. The van der Waals surface area contributed by atoms with E-state index in [0.717, 1.165) is 7.11 Å². The Balaban J connectivity index is 3.01. The van der Waals surface area contributed by atoms with Crippen molar-refractivity contribution in [3.63, 3.8) is 0 Å². The minimum Gasteiger partial charge on any atom is -0.464 e. The molecule has 0 bridgehead atoms. The molecule has 0 aliphatic rings. The minimum atomic E-state index is -1.54. The van der Waals surface area contributed by atoms with Gasteiger partial charge in [-0.3, -0.25) is 15.1 Å². The number of methoxy groups -OCH3 is 1. The first kappa shape index (κ1) is 10.1. The lowest BCUT2D eigenvalue weighted by Gasteiger charge is -2.05. The van der Waals surface area contributed by atoms with Crippen molar-refractivity contribution in [1.29, 1.82) is 0 Å². The molecule has 0 aliphatic heterocycles. The second kappa shape index (κ2) is 4.31. The summed E-state index contributed by atoms with van der Waals surface area (Å²) < 4.78 is 4.31. The van der Waals surface area contributed by atoms with Crippen molar-refractivity contribution in [3.05, 3.63) is 40.2 Å². The van der Waals surface area contributed by atoms with E-state index in [4.69, 9.17) is 0 Å². The van der Waals surface area contributed by atoms with Gasteiger partial charge in [0.1, 0.15) is 5.69 Å². The smallest absolute Gasteiger partial charge is 0.388 e. The van der Waals surface area contributed by atoms with Crippen LogP contribution in [0.15, 0.2) is 24.4 Å². The fourth-order valence-corrected chi connectivity index (χ4v) is 0.964. The Morgan fingerprint density at radius 1 is 1.64 bits per heavy atom. The van der Waals surface area contributed by atoms with Crippen LogP contribution in [0.5, 0.6) is 0 Å². The minimum absolute atomic E-state index is 0.0735. The zero-order chi connectivity index (χ0) is 10.6. The normalized spacial score (nSPS) is 11.8. The predicted octanol–water partition coefficient (Wildman–Crippen LogP) is 0.572.